The Kier molecular flexibility index (Phi) is 9.02. The molecule has 0 saturated heterocycles. The van der Waals surface area contributed by atoms with Crippen molar-refractivity contribution >= 4 is 45.3 Å². The first kappa shape index (κ1) is 19.8. The number of hydrogen-bond acceptors (Lipinski definition) is 5. The summed E-state index contributed by atoms with van der Waals surface area (Å²) in [5.74, 6) is 1.49. The molecule has 0 atom stereocenters. The highest BCUT2D eigenvalue weighted by Crippen LogP contribution is 2.18. The third-order valence-corrected chi connectivity index (χ3v) is 4.87. The third-order valence-electron chi connectivity index (χ3n) is 3.16. The van der Waals surface area contributed by atoms with Crippen molar-refractivity contribution in [2.45, 2.75) is 33.6 Å². The molecule has 4 nitrogen and oxygen atoms in total. The molecule has 1 rings (SSSR count). The molecule has 0 saturated carbocycles. The van der Waals surface area contributed by atoms with Crippen LogP contribution in [-0.2, 0) is 20.8 Å². The Hall–Kier alpha value is -1.27. The van der Waals surface area contributed by atoms with Gasteiger partial charge in [0.1, 0.15) is 0 Å². The summed E-state index contributed by atoms with van der Waals surface area (Å²) < 4.78 is 0. The lowest BCUT2D eigenvalue weighted by Gasteiger charge is -2.21. The fourth-order valence-electron chi connectivity index (χ4n) is 2.06. The van der Waals surface area contributed by atoms with Gasteiger partial charge < -0.3 is 4.90 Å². The van der Waals surface area contributed by atoms with Crippen molar-refractivity contribution in [3.63, 3.8) is 0 Å². The lowest BCUT2D eigenvalue weighted by molar-refractivity contribution is -0.116. The molecule has 1 aromatic carbocycles. The molecule has 0 heterocycles. The van der Waals surface area contributed by atoms with Crippen LogP contribution in [0.15, 0.2) is 24.3 Å². The number of carbonyl (C=O) groups is 3. The minimum Gasteiger partial charge on any atom is -0.313 e. The fourth-order valence-corrected chi connectivity index (χ4v) is 3.25. The summed E-state index contributed by atoms with van der Waals surface area (Å²) in [4.78, 5) is 35.4. The van der Waals surface area contributed by atoms with Crippen LogP contribution in [0.3, 0.4) is 0 Å². The quantitative estimate of drug-likeness (QED) is 0.669. The third kappa shape index (κ3) is 8.23. The lowest BCUT2D eigenvalue weighted by Crippen LogP contribution is -2.29. The normalized spacial score (nSPS) is 10.4. The standard InChI is InChI=1S/C17H23NO3S2/c1-13(19)18(10-4-11-22-14(2)20)17-7-5-16(6-8-17)9-12-23-15(3)21/h5-8H,4,9-12H2,1-3H3. The highest BCUT2D eigenvalue weighted by atomic mass is 32.2. The second-order valence-electron chi connectivity index (χ2n) is 5.12. The van der Waals surface area contributed by atoms with E-state index in [1.807, 2.05) is 24.3 Å². The molecule has 0 aliphatic heterocycles. The van der Waals surface area contributed by atoms with Crippen molar-refractivity contribution in [2.24, 2.45) is 0 Å². The van der Waals surface area contributed by atoms with Gasteiger partial charge in [-0.1, -0.05) is 35.7 Å². The van der Waals surface area contributed by atoms with Crippen LogP contribution in [0.2, 0.25) is 0 Å². The number of amides is 1. The van der Waals surface area contributed by atoms with Crippen LogP contribution in [0.1, 0.15) is 32.8 Å². The molecule has 6 heteroatoms. The van der Waals surface area contributed by atoms with Crippen molar-refractivity contribution < 1.29 is 14.4 Å². The van der Waals surface area contributed by atoms with Crippen LogP contribution >= 0.6 is 23.5 Å². The monoisotopic (exact) mass is 353 g/mol. The van der Waals surface area contributed by atoms with E-state index in [1.165, 1.54) is 23.5 Å². The summed E-state index contributed by atoms with van der Waals surface area (Å²) in [6.45, 7) is 5.28. The van der Waals surface area contributed by atoms with Crippen molar-refractivity contribution in [2.75, 3.05) is 23.0 Å². The van der Waals surface area contributed by atoms with E-state index < -0.39 is 0 Å². The van der Waals surface area contributed by atoms with E-state index in [2.05, 4.69) is 0 Å². The molecule has 0 aromatic heterocycles. The Morgan fingerprint density at radius 3 is 2.00 bits per heavy atom. The van der Waals surface area contributed by atoms with Gasteiger partial charge in [0.05, 0.1) is 0 Å². The second-order valence-corrected chi connectivity index (χ2v) is 7.66. The summed E-state index contributed by atoms with van der Waals surface area (Å²) in [5, 5.41) is 0.236. The van der Waals surface area contributed by atoms with Gasteiger partial charge in [-0.25, -0.2) is 0 Å². The molecule has 0 radical (unpaired) electrons. The van der Waals surface area contributed by atoms with Gasteiger partial charge in [-0.05, 0) is 30.5 Å². The number of nitrogens with zero attached hydrogens (tertiary/aromatic N) is 1. The van der Waals surface area contributed by atoms with E-state index in [-0.39, 0.29) is 16.1 Å². The topological polar surface area (TPSA) is 54.5 Å². The smallest absolute Gasteiger partial charge is 0.223 e. The molecule has 1 aromatic rings. The number of hydrogen-bond donors (Lipinski definition) is 0. The summed E-state index contributed by atoms with van der Waals surface area (Å²) in [7, 11) is 0. The molecule has 0 unspecified atom stereocenters. The maximum atomic E-state index is 11.8. The Morgan fingerprint density at radius 2 is 1.48 bits per heavy atom. The first-order valence-corrected chi connectivity index (χ1v) is 9.51. The highest BCUT2D eigenvalue weighted by Gasteiger charge is 2.11. The second kappa shape index (κ2) is 10.5. The van der Waals surface area contributed by atoms with Gasteiger partial charge in [-0.3, -0.25) is 14.4 Å². The minimum atomic E-state index is -0.00212. The average Bonchev–Trinajstić information content (AvgIpc) is 2.47. The molecule has 0 aliphatic carbocycles. The molecule has 23 heavy (non-hydrogen) atoms. The molecular formula is C17H23NO3S2. The largest absolute Gasteiger partial charge is 0.313 e. The van der Waals surface area contributed by atoms with Crippen LogP contribution in [0.4, 0.5) is 5.69 Å². The molecule has 0 N–H and O–H groups in total. The maximum Gasteiger partial charge on any atom is 0.223 e. The number of benzene rings is 1. The molecule has 0 bridgehead atoms. The van der Waals surface area contributed by atoms with Crippen molar-refractivity contribution in [1.29, 1.82) is 0 Å². The number of aryl methyl sites for hydroxylation is 1. The average molecular weight is 354 g/mol. The first-order chi connectivity index (χ1) is 10.9. The van der Waals surface area contributed by atoms with Gasteiger partial charge >= 0.3 is 0 Å². The molecule has 1 amide bonds. The number of thioether (sulfide) groups is 2. The predicted molar refractivity (Wildman–Crippen MR) is 99.1 cm³/mol. The number of carbonyl (C=O) groups excluding carboxylic acids is 3. The van der Waals surface area contributed by atoms with Crippen LogP contribution in [0.5, 0.6) is 0 Å². The fraction of sp³-hybridized carbons (Fsp3) is 0.471. The van der Waals surface area contributed by atoms with Crippen molar-refractivity contribution in [1.82, 2.24) is 0 Å². The molecule has 0 spiro atoms. The van der Waals surface area contributed by atoms with Crippen molar-refractivity contribution in [3.8, 4) is 0 Å². The van der Waals surface area contributed by atoms with E-state index in [0.29, 0.717) is 6.54 Å². The van der Waals surface area contributed by atoms with Crippen LogP contribution in [0.25, 0.3) is 0 Å². The Labute approximate surface area is 146 Å². The molecule has 126 valence electrons. The van der Waals surface area contributed by atoms with Gasteiger partial charge in [0.15, 0.2) is 10.2 Å². The van der Waals surface area contributed by atoms with Gasteiger partial charge in [-0.2, -0.15) is 0 Å². The van der Waals surface area contributed by atoms with Gasteiger partial charge in [0.25, 0.3) is 0 Å². The zero-order valence-electron chi connectivity index (χ0n) is 13.8. The Balaban J connectivity index is 2.56. The van der Waals surface area contributed by atoms with Gasteiger partial charge in [0, 0.05) is 44.5 Å². The highest BCUT2D eigenvalue weighted by molar-refractivity contribution is 8.13. The Bertz CT molecular complexity index is 543. The summed E-state index contributed by atoms with van der Waals surface area (Å²) in [6.07, 6.45) is 1.61. The maximum absolute atomic E-state index is 11.8. The number of anilines is 1. The minimum absolute atomic E-state index is 0.00212. The summed E-state index contributed by atoms with van der Waals surface area (Å²) in [6, 6.07) is 7.87. The predicted octanol–water partition coefficient (Wildman–Crippen LogP) is 3.53. The Morgan fingerprint density at radius 1 is 0.913 bits per heavy atom. The molecule has 0 aliphatic rings. The SMILES string of the molecule is CC(=O)SCCCN(C(C)=O)c1ccc(CCSC(C)=O)cc1. The zero-order valence-corrected chi connectivity index (χ0v) is 15.5. The van der Waals surface area contributed by atoms with Crippen molar-refractivity contribution in [3.05, 3.63) is 29.8 Å². The van der Waals surface area contributed by atoms with E-state index in [4.69, 9.17) is 0 Å². The number of rotatable bonds is 8. The first-order valence-electron chi connectivity index (χ1n) is 7.54. The summed E-state index contributed by atoms with van der Waals surface area (Å²) >= 11 is 2.61. The van der Waals surface area contributed by atoms with E-state index >= 15 is 0 Å². The molecule has 0 fully saturated rings. The van der Waals surface area contributed by atoms with Crippen LogP contribution in [0, 0.1) is 0 Å². The van der Waals surface area contributed by atoms with E-state index in [1.54, 1.807) is 25.7 Å². The van der Waals surface area contributed by atoms with Gasteiger partial charge in [0.2, 0.25) is 5.91 Å². The van der Waals surface area contributed by atoms with Crippen LogP contribution in [-0.4, -0.2) is 34.2 Å². The summed E-state index contributed by atoms with van der Waals surface area (Å²) in [5.41, 5.74) is 2.02. The zero-order chi connectivity index (χ0) is 17.2. The van der Waals surface area contributed by atoms with Gasteiger partial charge in [-0.15, -0.1) is 0 Å². The molecular weight excluding hydrogens is 330 g/mol. The van der Waals surface area contributed by atoms with E-state index in [9.17, 15) is 14.4 Å². The van der Waals surface area contributed by atoms with Crippen LogP contribution < -0.4 is 4.90 Å². The lowest BCUT2D eigenvalue weighted by atomic mass is 10.1. The van der Waals surface area contributed by atoms with E-state index in [0.717, 1.165) is 35.6 Å².